The summed E-state index contributed by atoms with van der Waals surface area (Å²) in [6, 6.07) is 5.57. The van der Waals surface area contributed by atoms with Crippen LogP contribution in [-0.4, -0.2) is 45.0 Å². The van der Waals surface area contributed by atoms with E-state index in [1.165, 1.54) is 0 Å². The van der Waals surface area contributed by atoms with Gasteiger partial charge < -0.3 is 10.1 Å². The lowest BCUT2D eigenvalue weighted by Gasteiger charge is -2.24. The molecule has 2 fully saturated rings. The number of piperidine rings is 1. The molecule has 5 nitrogen and oxygen atoms in total. The van der Waals surface area contributed by atoms with E-state index in [0.29, 0.717) is 36.6 Å². The van der Waals surface area contributed by atoms with E-state index in [4.69, 9.17) is 4.74 Å². The molecule has 2 saturated heterocycles. The van der Waals surface area contributed by atoms with Gasteiger partial charge in [0.15, 0.2) is 0 Å². The summed E-state index contributed by atoms with van der Waals surface area (Å²) in [6.45, 7) is 2.90. The van der Waals surface area contributed by atoms with Gasteiger partial charge in [-0.2, -0.15) is 4.31 Å². The number of hydrogen-bond donors (Lipinski definition) is 1. The summed E-state index contributed by atoms with van der Waals surface area (Å²) in [5.41, 5.74) is 1.01. The molecule has 0 amide bonds. The van der Waals surface area contributed by atoms with Crippen LogP contribution in [0.3, 0.4) is 0 Å². The van der Waals surface area contributed by atoms with Crippen molar-refractivity contribution in [1.29, 1.82) is 0 Å². The van der Waals surface area contributed by atoms with E-state index in [2.05, 4.69) is 5.32 Å². The molecule has 0 spiro atoms. The Balaban J connectivity index is 1.61. The molecule has 3 aliphatic heterocycles. The molecule has 0 radical (unpaired) electrons. The van der Waals surface area contributed by atoms with E-state index >= 15 is 0 Å². The quantitative estimate of drug-likeness (QED) is 0.885. The molecular formula is C15H20N2O3S. The van der Waals surface area contributed by atoms with E-state index in [0.717, 1.165) is 37.1 Å². The molecule has 6 heteroatoms. The fraction of sp³-hybridized carbons (Fsp3) is 0.600. The van der Waals surface area contributed by atoms with Gasteiger partial charge in [-0.1, -0.05) is 0 Å². The Morgan fingerprint density at radius 1 is 1.29 bits per heavy atom. The maximum Gasteiger partial charge on any atom is 0.243 e. The van der Waals surface area contributed by atoms with Gasteiger partial charge in [0.25, 0.3) is 0 Å². The summed E-state index contributed by atoms with van der Waals surface area (Å²) in [4.78, 5) is 0.408. The Morgan fingerprint density at radius 3 is 3.05 bits per heavy atom. The molecule has 4 rings (SSSR count). The number of benzene rings is 1. The molecular weight excluding hydrogens is 288 g/mol. The predicted octanol–water partition coefficient (Wildman–Crippen LogP) is 0.994. The van der Waals surface area contributed by atoms with E-state index in [-0.39, 0.29) is 0 Å². The zero-order valence-electron chi connectivity index (χ0n) is 11.9. The van der Waals surface area contributed by atoms with Crippen LogP contribution < -0.4 is 10.1 Å². The lowest BCUT2D eigenvalue weighted by Crippen LogP contribution is -2.41. The van der Waals surface area contributed by atoms with Crippen molar-refractivity contribution in [3.63, 3.8) is 0 Å². The fourth-order valence-corrected chi connectivity index (χ4v) is 5.25. The zero-order chi connectivity index (χ0) is 14.4. The molecule has 3 heterocycles. The van der Waals surface area contributed by atoms with Crippen LogP contribution in [-0.2, 0) is 16.4 Å². The Morgan fingerprint density at radius 2 is 2.19 bits per heavy atom. The summed E-state index contributed by atoms with van der Waals surface area (Å²) < 4.78 is 32.8. The SMILES string of the molecule is O=S(=O)(c1ccc2c(c1)CCO2)N1C[C@@H]2CCCN[C@@H]2C1. The van der Waals surface area contributed by atoms with Crippen molar-refractivity contribution in [2.75, 3.05) is 26.2 Å². The highest BCUT2D eigenvalue weighted by molar-refractivity contribution is 7.89. The normalized spacial score (nSPS) is 29.0. The standard InChI is InChI=1S/C15H20N2O3S/c18-21(19,13-3-4-15-11(8-13)5-7-20-15)17-9-12-2-1-6-16-14(12)10-17/h3-4,8,12,14,16H,1-2,5-7,9-10H2/t12-,14+/m0/s1. The first-order valence-electron chi connectivity index (χ1n) is 7.64. The first-order valence-corrected chi connectivity index (χ1v) is 9.08. The third kappa shape index (κ3) is 2.25. The maximum absolute atomic E-state index is 12.8. The highest BCUT2D eigenvalue weighted by atomic mass is 32.2. The van der Waals surface area contributed by atoms with Crippen LogP contribution in [0.2, 0.25) is 0 Å². The van der Waals surface area contributed by atoms with Gasteiger partial charge in [0.05, 0.1) is 11.5 Å². The van der Waals surface area contributed by atoms with Crippen molar-refractivity contribution < 1.29 is 13.2 Å². The van der Waals surface area contributed by atoms with Crippen LogP contribution in [0, 0.1) is 5.92 Å². The van der Waals surface area contributed by atoms with Crippen molar-refractivity contribution in [2.45, 2.75) is 30.2 Å². The molecule has 1 aromatic carbocycles. The van der Waals surface area contributed by atoms with Crippen molar-refractivity contribution in [1.82, 2.24) is 9.62 Å². The molecule has 0 saturated carbocycles. The number of ether oxygens (including phenoxy) is 1. The average Bonchev–Trinajstić information content (AvgIpc) is 3.13. The number of fused-ring (bicyclic) bond motifs is 2. The molecule has 21 heavy (non-hydrogen) atoms. The van der Waals surface area contributed by atoms with Gasteiger partial charge in [0, 0.05) is 25.6 Å². The third-order valence-electron chi connectivity index (χ3n) is 4.86. The number of sulfonamides is 1. The van der Waals surface area contributed by atoms with Gasteiger partial charge in [0.2, 0.25) is 10.0 Å². The van der Waals surface area contributed by atoms with Gasteiger partial charge in [-0.25, -0.2) is 8.42 Å². The molecule has 0 aliphatic carbocycles. The third-order valence-corrected chi connectivity index (χ3v) is 6.69. The Hall–Kier alpha value is -1.11. The van der Waals surface area contributed by atoms with Crippen molar-refractivity contribution in [2.24, 2.45) is 5.92 Å². The summed E-state index contributed by atoms with van der Waals surface area (Å²) in [5.74, 6) is 1.29. The topological polar surface area (TPSA) is 58.6 Å². The number of nitrogens with one attached hydrogen (secondary N) is 1. The van der Waals surface area contributed by atoms with Crippen LogP contribution in [0.1, 0.15) is 18.4 Å². The van der Waals surface area contributed by atoms with Crippen molar-refractivity contribution in [3.8, 4) is 5.75 Å². The Bertz CT molecular complexity index is 645. The molecule has 1 aromatic rings. The van der Waals surface area contributed by atoms with Gasteiger partial charge in [-0.15, -0.1) is 0 Å². The smallest absolute Gasteiger partial charge is 0.243 e. The lowest BCUT2D eigenvalue weighted by atomic mass is 9.94. The van der Waals surface area contributed by atoms with Crippen LogP contribution in [0.5, 0.6) is 5.75 Å². The molecule has 3 aliphatic rings. The summed E-state index contributed by atoms with van der Waals surface area (Å²) in [6.07, 6.45) is 3.07. The van der Waals surface area contributed by atoms with Crippen LogP contribution >= 0.6 is 0 Å². The highest BCUT2D eigenvalue weighted by Crippen LogP contribution is 2.32. The maximum atomic E-state index is 12.8. The van der Waals surface area contributed by atoms with E-state index in [1.807, 2.05) is 0 Å². The molecule has 0 unspecified atom stereocenters. The molecule has 0 aromatic heterocycles. The minimum Gasteiger partial charge on any atom is -0.493 e. The number of nitrogens with zero attached hydrogens (tertiary/aromatic N) is 1. The molecule has 0 bridgehead atoms. The minimum atomic E-state index is -3.38. The van der Waals surface area contributed by atoms with Gasteiger partial charge >= 0.3 is 0 Å². The second-order valence-electron chi connectivity index (χ2n) is 6.15. The fourth-order valence-electron chi connectivity index (χ4n) is 3.68. The first-order chi connectivity index (χ1) is 10.1. The molecule has 1 N–H and O–H groups in total. The second-order valence-corrected chi connectivity index (χ2v) is 8.09. The zero-order valence-corrected chi connectivity index (χ0v) is 12.7. The monoisotopic (exact) mass is 308 g/mol. The Labute approximate surface area is 125 Å². The predicted molar refractivity (Wildman–Crippen MR) is 78.9 cm³/mol. The number of rotatable bonds is 2. The van der Waals surface area contributed by atoms with E-state index in [1.54, 1.807) is 22.5 Å². The second kappa shape index (κ2) is 4.97. The van der Waals surface area contributed by atoms with Crippen molar-refractivity contribution in [3.05, 3.63) is 23.8 Å². The van der Waals surface area contributed by atoms with Crippen LogP contribution in [0.4, 0.5) is 0 Å². The summed E-state index contributed by atoms with van der Waals surface area (Å²) >= 11 is 0. The first kappa shape index (κ1) is 13.5. The Kier molecular flexibility index (Phi) is 3.20. The minimum absolute atomic E-state index is 0.325. The van der Waals surface area contributed by atoms with Gasteiger partial charge in [-0.05, 0) is 49.1 Å². The van der Waals surface area contributed by atoms with E-state index < -0.39 is 10.0 Å². The lowest BCUT2D eigenvalue weighted by molar-refractivity contribution is 0.339. The average molecular weight is 308 g/mol. The van der Waals surface area contributed by atoms with Crippen molar-refractivity contribution >= 4 is 10.0 Å². The summed E-state index contributed by atoms with van der Waals surface area (Å²) in [7, 11) is -3.38. The highest BCUT2D eigenvalue weighted by Gasteiger charge is 2.40. The number of hydrogen-bond acceptors (Lipinski definition) is 4. The van der Waals surface area contributed by atoms with Gasteiger partial charge in [-0.3, -0.25) is 0 Å². The largest absolute Gasteiger partial charge is 0.493 e. The van der Waals surface area contributed by atoms with Crippen LogP contribution in [0.25, 0.3) is 0 Å². The van der Waals surface area contributed by atoms with Gasteiger partial charge in [0.1, 0.15) is 5.75 Å². The van der Waals surface area contributed by atoms with Crippen LogP contribution in [0.15, 0.2) is 23.1 Å². The molecule has 2 atom stereocenters. The molecule has 114 valence electrons. The van der Waals surface area contributed by atoms with E-state index in [9.17, 15) is 8.42 Å². The summed E-state index contributed by atoms with van der Waals surface area (Å²) in [5, 5.41) is 3.45.